The molecule has 0 heterocycles. The number of halogens is 1. The fraction of sp³-hybridized carbons (Fsp3) is 0.500. The van der Waals surface area contributed by atoms with Crippen molar-refractivity contribution in [3.05, 3.63) is 39.9 Å². The third-order valence-corrected chi connectivity index (χ3v) is 3.26. The molecule has 0 aliphatic rings. The van der Waals surface area contributed by atoms with Gasteiger partial charge >= 0.3 is 0 Å². The van der Waals surface area contributed by atoms with Crippen molar-refractivity contribution in [2.75, 3.05) is 13.7 Å². The normalized spacial score (nSPS) is 12.2. The Labute approximate surface area is 135 Å². The second kappa shape index (κ2) is 8.67. The average Bonchev–Trinajstić information content (AvgIpc) is 2.44. The van der Waals surface area contributed by atoms with Gasteiger partial charge < -0.3 is 15.8 Å². The predicted molar refractivity (Wildman–Crippen MR) is 86.0 cm³/mol. The van der Waals surface area contributed by atoms with Crippen LogP contribution >= 0.6 is 12.4 Å². The van der Waals surface area contributed by atoms with Crippen LogP contribution in [0.5, 0.6) is 0 Å². The Balaban J connectivity index is 0.00000441. The molecule has 0 saturated heterocycles. The first-order chi connectivity index (χ1) is 9.80. The minimum atomic E-state index is -0.640. The number of nitro groups is 1. The lowest BCUT2D eigenvalue weighted by atomic mass is 9.93. The number of rotatable bonds is 7. The molecule has 8 heteroatoms. The zero-order valence-corrected chi connectivity index (χ0v) is 13.7. The molecule has 0 aromatic heterocycles. The summed E-state index contributed by atoms with van der Waals surface area (Å²) in [5, 5.41) is 13.5. The van der Waals surface area contributed by atoms with Gasteiger partial charge in [0.15, 0.2) is 0 Å². The van der Waals surface area contributed by atoms with E-state index in [1.807, 2.05) is 13.8 Å². The van der Waals surface area contributed by atoms with Crippen molar-refractivity contribution in [2.24, 2.45) is 5.73 Å². The number of amides is 1. The van der Waals surface area contributed by atoms with Gasteiger partial charge in [-0.2, -0.15) is 0 Å². The summed E-state index contributed by atoms with van der Waals surface area (Å²) in [4.78, 5) is 22.2. The summed E-state index contributed by atoms with van der Waals surface area (Å²) in [5.74, 6) is -0.185. The zero-order valence-electron chi connectivity index (χ0n) is 12.9. The molecule has 1 unspecified atom stereocenters. The van der Waals surface area contributed by atoms with Crippen LogP contribution in [0.3, 0.4) is 0 Å². The van der Waals surface area contributed by atoms with E-state index in [4.69, 9.17) is 10.5 Å². The largest absolute Gasteiger partial charge is 0.380 e. The van der Waals surface area contributed by atoms with E-state index in [-0.39, 0.29) is 43.1 Å². The van der Waals surface area contributed by atoms with E-state index in [1.165, 1.54) is 19.2 Å². The van der Waals surface area contributed by atoms with Gasteiger partial charge in [-0.25, -0.2) is 0 Å². The summed E-state index contributed by atoms with van der Waals surface area (Å²) in [6, 6.07) is 6.10. The van der Waals surface area contributed by atoms with Crippen LogP contribution < -0.4 is 11.1 Å². The molecule has 0 radical (unpaired) electrons. The molecule has 0 saturated carbocycles. The van der Waals surface area contributed by atoms with Crippen LogP contribution in [-0.2, 0) is 15.1 Å². The number of hydrogen-bond donors (Lipinski definition) is 2. The van der Waals surface area contributed by atoms with E-state index in [0.29, 0.717) is 0 Å². The number of carbonyl (C=O) groups excluding carboxylic acids is 1. The van der Waals surface area contributed by atoms with Gasteiger partial charge in [0.2, 0.25) is 5.91 Å². The molecule has 1 atom stereocenters. The van der Waals surface area contributed by atoms with Gasteiger partial charge in [-0.05, 0) is 31.5 Å². The number of nitro benzene ring substituents is 1. The van der Waals surface area contributed by atoms with Crippen LogP contribution in [0.2, 0.25) is 0 Å². The number of carbonyl (C=O) groups is 1. The third-order valence-electron chi connectivity index (χ3n) is 3.26. The first-order valence-electron chi connectivity index (χ1n) is 6.59. The van der Waals surface area contributed by atoms with Crippen LogP contribution in [0.25, 0.3) is 0 Å². The Morgan fingerprint density at radius 2 is 1.95 bits per heavy atom. The van der Waals surface area contributed by atoms with Gasteiger partial charge in [0.05, 0.1) is 23.0 Å². The summed E-state index contributed by atoms with van der Waals surface area (Å²) in [5.41, 5.74) is 5.64. The van der Waals surface area contributed by atoms with Crippen LogP contribution in [0.15, 0.2) is 24.3 Å². The maximum absolute atomic E-state index is 12.0. The van der Waals surface area contributed by atoms with Crippen LogP contribution in [0.4, 0.5) is 5.69 Å². The highest BCUT2D eigenvalue weighted by Crippen LogP contribution is 2.23. The monoisotopic (exact) mass is 331 g/mol. The fourth-order valence-corrected chi connectivity index (χ4v) is 1.94. The van der Waals surface area contributed by atoms with Crippen molar-refractivity contribution in [1.29, 1.82) is 0 Å². The predicted octanol–water partition coefficient (Wildman–Crippen LogP) is 1.73. The molecule has 3 N–H and O–H groups in total. The summed E-state index contributed by atoms with van der Waals surface area (Å²) < 4.78 is 5.07. The van der Waals surface area contributed by atoms with Gasteiger partial charge in [0.25, 0.3) is 5.69 Å². The minimum Gasteiger partial charge on any atom is -0.380 e. The van der Waals surface area contributed by atoms with Crippen molar-refractivity contribution < 1.29 is 14.5 Å². The topological polar surface area (TPSA) is 107 Å². The third kappa shape index (κ3) is 5.59. The van der Waals surface area contributed by atoms with Crippen molar-refractivity contribution in [2.45, 2.75) is 31.9 Å². The quantitative estimate of drug-likeness (QED) is 0.584. The number of nitrogens with one attached hydrogen (secondary N) is 1. The van der Waals surface area contributed by atoms with Gasteiger partial charge in [0, 0.05) is 25.8 Å². The minimum absolute atomic E-state index is 0. The molecule has 1 aromatic carbocycles. The highest BCUT2D eigenvalue weighted by atomic mass is 35.5. The number of non-ortho nitro benzene ring substituents is 1. The van der Waals surface area contributed by atoms with Crippen LogP contribution in [0, 0.1) is 10.1 Å². The molecule has 0 spiro atoms. The summed E-state index contributed by atoms with van der Waals surface area (Å²) in [6.45, 7) is 3.93. The first-order valence-corrected chi connectivity index (χ1v) is 6.59. The summed E-state index contributed by atoms with van der Waals surface area (Å²) in [6.07, 6.45) is -0.152. The molecule has 22 heavy (non-hydrogen) atoms. The van der Waals surface area contributed by atoms with E-state index < -0.39 is 10.5 Å². The lowest BCUT2D eigenvalue weighted by molar-refractivity contribution is -0.384. The van der Waals surface area contributed by atoms with E-state index in [9.17, 15) is 14.9 Å². The van der Waals surface area contributed by atoms with Gasteiger partial charge in [-0.3, -0.25) is 14.9 Å². The maximum atomic E-state index is 12.0. The van der Waals surface area contributed by atoms with Gasteiger partial charge in [-0.1, -0.05) is 0 Å². The van der Waals surface area contributed by atoms with Crippen molar-refractivity contribution in [3.8, 4) is 0 Å². The number of nitrogens with zero attached hydrogens (tertiary/aromatic N) is 1. The first kappa shape index (κ1) is 20.3. The van der Waals surface area contributed by atoms with Crippen LogP contribution in [0.1, 0.15) is 25.8 Å². The van der Waals surface area contributed by atoms with E-state index in [0.717, 1.165) is 5.56 Å². The van der Waals surface area contributed by atoms with Crippen LogP contribution in [-0.4, -0.2) is 30.6 Å². The molecule has 7 nitrogen and oxygen atoms in total. The van der Waals surface area contributed by atoms with Crippen molar-refractivity contribution in [3.63, 3.8) is 0 Å². The second-order valence-electron chi connectivity index (χ2n) is 5.27. The molecule has 1 aromatic rings. The Bertz CT molecular complexity index is 501. The van der Waals surface area contributed by atoms with E-state index in [2.05, 4.69) is 5.32 Å². The highest BCUT2D eigenvalue weighted by molar-refractivity contribution is 5.85. The Hall–Kier alpha value is -1.70. The Morgan fingerprint density at radius 1 is 1.41 bits per heavy atom. The van der Waals surface area contributed by atoms with Crippen molar-refractivity contribution >= 4 is 24.0 Å². The molecular weight excluding hydrogens is 310 g/mol. The highest BCUT2D eigenvalue weighted by Gasteiger charge is 2.24. The number of ether oxygens (including phenoxy) is 1. The molecule has 0 aliphatic carbocycles. The fourth-order valence-electron chi connectivity index (χ4n) is 1.94. The SMILES string of the molecule is COC(CN)CC(=O)NC(C)(C)c1ccc([N+](=O)[O-])cc1.Cl. The molecule has 1 rings (SSSR count). The van der Waals surface area contributed by atoms with Gasteiger partial charge in [0.1, 0.15) is 0 Å². The number of benzene rings is 1. The lowest BCUT2D eigenvalue weighted by Gasteiger charge is -2.27. The number of methoxy groups -OCH3 is 1. The van der Waals surface area contributed by atoms with Gasteiger partial charge in [-0.15, -0.1) is 12.4 Å². The summed E-state index contributed by atoms with van der Waals surface area (Å²) in [7, 11) is 1.51. The average molecular weight is 332 g/mol. The molecule has 124 valence electrons. The molecular formula is C14H22ClN3O4. The molecule has 0 bridgehead atoms. The lowest BCUT2D eigenvalue weighted by Crippen LogP contribution is -2.43. The second-order valence-corrected chi connectivity index (χ2v) is 5.27. The Morgan fingerprint density at radius 3 is 2.36 bits per heavy atom. The maximum Gasteiger partial charge on any atom is 0.269 e. The van der Waals surface area contributed by atoms with E-state index in [1.54, 1.807) is 12.1 Å². The molecule has 0 fully saturated rings. The standard InChI is InChI=1S/C14H21N3O4.ClH/c1-14(2,16-13(18)8-12(9-15)21-3)10-4-6-11(7-5-10)17(19)20;/h4-7,12H,8-9,15H2,1-3H3,(H,16,18);1H. The Kier molecular flexibility index (Phi) is 8.00. The van der Waals surface area contributed by atoms with Crippen molar-refractivity contribution in [1.82, 2.24) is 5.32 Å². The number of nitrogens with two attached hydrogens (primary N) is 1. The number of hydrogen-bond acceptors (Lipinski definition) is 5. The smallest absolute Gasteiger partial charge is 0.269 e. The molecule has 1 amide bonds. The van der Waals surface area contributed by atoms with E-state index >= 15 is 0 Å². The summed E-state index contributed by atoms with van der Waals surface area (Å²) >= 11 is 0. The molecule has 0 aliphatic heterocycles. The zero-order chi connectivity index (χ0) is 16.0.